The molecule has 0 amide bonds. The zero-order valence-electron chi connectivity index (χ0n) is 19.4. The summed E-state index contributed by atoms with van der Waals surface area (Å²) in [5.41, 5.74) is 11.7. The molecular formula is C27H32N6O. The molecule has 0 saturated carbocycles. The van der Waals surface area contributed by atoms with Crippen LogP contribution in [0.2, 0.25) is 0 Å². The molecule has 5 N–H and O–H groups in total. The number of anilines is 1. The maximum atomic E-state index is 8.63. The number of rotatable bonds is 10. The molecule has 176 valence electrons. The van der Waals surface area contributed by atoms with E-state index in [-0.39, 0.29) is 11.4 Å². The van der Waals surface area contributed by atoms with Crippen LogP contribution >= 0.6 is 0 Å². The first-order chi connectivity index (χ1) is 16.6. The number of aromatic nitrogens is 1. The first kappa shape index (κ1) is 23.8. The van der Waals surface area contributed by atoms with Crippen LogP contribution in [0.25, 0.3) is 11.1 Å². The van der Waals surface area contributed by atoms with Gasteiger partial charge in [-0.15, -0.1) is 0 Å². The number of pyridine rings is 1. The third kappa shape index (κ3) is 6.35. The highest BCUT2D eigenvalue weighted by molar-refractivity contribution is 6.47. The van der Waals surface area contributed by atoms with Crippen molar-refractivity contribution in [3.63, 3.8) is 0 Å². The van der Waals surface area contributed by atoms with Crippen LogP contribution < -0.4 is 11.1 Å². The summed E-state index contributed by atoms with van der Waals surface area (Å²) in [7, 11) is 0. The summed E-state index contributed by atoms with van der Waals surface area (Å²) in [6.07, 6.45) is 3.90. The Labute approximate surface area is 201 Å². The van der Waals surface area contributed by atoms with Gasteiger partial charge in [0.25, 0.3) is 0 Å². The number of hydrogen-bond donors (Lipinski definition) is 4. The van der Waals surface area contributed by atoms with Crippen LogP contribution in [0.4, 0.5) is 5.69 Å². The van der Waals surface area contributed by atoms with Gasteiger partial charge in [-0.05, 0) is 34.9 Å². The van der Waals surface area contributed by atoms with Gasteiger partial charge in [0.05, 0.1) is 24.6 Å². The molecule has 7 heteroatoms. The Morgan fingerprint density at radius 3 is 2.62 bits per heavy atom. The van der Waals surface area contributed by atoms with Gasteiger partial charge < -0.3 is 21.2 Å². The lowest BCUT2D eigenvalue weighted by Gasteiger charge is -2.26. The van der Waals surface area contributed by atoms with Gasteiger partial charge >= 0.3 is 0 Å². The Morgan fingerprint density at radius 2 is 1.82 bits per heavy atom. The maximum absolute atomic E-state index is 8.63. The second kappa shape index (κ2) is 11.7. The number of nitrogens with one attached hydrogen (secondary N) is 3. The van der Waals surface area contributed by atoms with Crippen molar-refractivity contribution in [2.24, 2.45) is 0 Å². The van der Waals surface area contributed by atoms with Crippen molar-refractivity contribution in [1.29, 1.82) is 10.8 Å². The fourth-order valence-corrected chi connectivity index (χ4v) is 4.09. The number of hydrogen-bond acceptors (Lipinski definition) is 7. The predicted octanol–water partition coefficient (Wildman–Crippen LogP) is 3.38. The lowest BCUT2D eigenvalue weighted by atomic mass is 9.95. The summed E-state index contributed by atoms with van der Waals surface area (Å²) < 4.78 is 5.39. The molecule has 0 atom stereocenters. The van der Waals surface area contributed by atoms with Gasteiger partial charge in [-0.25, -0.2) is 0 Å². The quantitative estimate of drug-likeness (QED) is 0.212. The molecule has 0 aliphatic carbocycles. The van der Waals surface area contributed by atoms with E-state index in [9.17, 15) is 0 Å². The van der Waals surface area contributed by atoms with Gasteiger partial charge in [-0.1, -0.05) is 36.4 Å². The minimum Gasteiger partial charge on any atom is -0.398 e. The third-order valence-electron chi connectivity index (χ3n) is 6.03. The lowest BCUT2D eigenvalue weighted by Crippen LogP contribution is -2.40. The van der Waals surface area contributed by atoms with E-state index < -0.39 is 0 Å². The molecule has 2 heterocycles. The fourth-order valence-electron chi connectivity index (χ4n) is 4.09. The summed E-state index contributed by atoms with van der Waals surface area (Å²) in [4.78, 5) is 6.58. The zero-order valence-corrected chi connectivity index (χ0v) is 19.4. The molecule has 1 saturated heterocycles. The van der Waals surface area contributed by atoms with Gasteiger partial charge in [0, 0.05) is 68.4 Å². The van der Waals surface area contributed by atoms with Gasteiger partial charge in [0.2, 0.25) is 0 Å². The molecule has 1 aliphatic rings. The van der Waals surface area contributed by atoms with Gasteiger partial charge in [-0.3, -0.25) is 15.3 Å². The van der Waals surface area contributed by atoms with Gasteiger partial charge in [0.15, 0.2) is 0 Å². The number of nitrogen functional groups attached to an aromatic ring is 1. The van der Waals surface area contributed by atoms with Crippen LogP contribution in [0.5, 0.6) is 0 Å². The van der Waals surface area contributed by atoms with E-state index >= 15 is 0 Å². The minimum atomic E-state index is 0.150. The summed E-state index contributed by atoms with van der Waals surface area (Å²) in [5.74, 6) is 0. The average molecular weight is 457 g/mol. The first-order valence-corrected chi connectivity index (χ1v) is 11.7. The smallest absolute Gasteiger partial charge is 0.0844 e. The molecule has 0 unspecified atom stereocenters. The van der Waals surface area contributed by atoms with Crippen LogP contribution in [0.1, 0.15) is 16.7 Å². The van der Waals surface area contributed by atoms with Crippen molar-refractivity contribution in [2.45, 2.75) is 13.0 Å². The highest BCUT2D eigenvalue weighted by Gasteiger charge is 2.14. The molecule has 2 aromatic carbocycles. The maximum Gasteiger partial charge on any atom is 0.0844 e. The highest BCUT2D eigenvalue weighted by atomic mass is 16.5. The second-order valence-corrected chi connectivity index (χ2v) is 8.52. The Balaban J connectivity index is 1.35. The van der Waals surface area contributed by atoms with Crippen molar-refractivity contribution in [1.82, 2.24) is 15.2 Å². The van der Waals surface area contributed by atoms with E-state index in [0.717, 1.165) is 62.6 Å². The molecule has 4 rings (SSSR count). The van der Waals surface area contributed by atoms with Gasteiger partial charge in [0.1, 0.15) is 0 Å². The van der Waals surface area contributed by atoms with E-state index in [2.05, 4.69) is 27.3 Å². The summed E-state index contributed by atoms with van der Waals surface area (Å²) in [6, 6.07) is 17.7. The van der Waals surface area contributed by atoms with Crippen LogP contribution in [-0.4, -0.2) is 60.7 Å². The van der Waals surface area contributed by atoms with Crippen molar-refractivity contribution >= 4 is 17.1 Å². The predicted molar refractivity (Wildman–Crippen MR) is 138 cm³/mol. The normalized spacial score (nSPS) is 14.1. The Hall–Kier alpha value is -3.39. The Morgan fingerprint density at radius 1 is 1.00 bits per heavy atom. The summed E-state index contributed by atoms with van der Waals surface area (Å²) in [6.45, 7) is 6.37. The molecule has 0 radical (unpaired) electrons. The standard InChI is InChI=1S/C27H32N6O/c28-25-7-6-22(23-5-2-8-31-19-23)17-24(25)27(30)26(29)16-20-3-1-4-21(15-20)18-32-9-10-33-11-13-34-14-12-33/h1-8,15,17,19,29-30,32H,9-14,16,18,28H2. The number of benzene rings is 2. The van der Waals surface area contributed by atoms with Crippen LogP contribution in [0.3, 0.4) is 0 Å². The molecule has 34 heavy (non-hydrogen) atoms. The van der Waals surface area contributed by atoms with E-state index in [1.165, 1.54) is 5.56 Å². The van der Waals surface area contributed by atoms with Gasteiger partial charge in [-0.2, -0.15) is 0 Å². The summed E-state index contributed by atoms with van der Waals surface area (Å²) >= 11 is 0. The first-order valence-electron chi connectivity index (χ1n) is 11.7. The van der Waals surface area contributed by atoms with E-state index in [1.54, 1.807) is 18.5 Å². The van der Waals surface area contributed by atoms with E-state index in [4.69, 9.17) is 21.3 Å². The molecule has 3 aromatic rings. The van der Waals surface area contributed by atoms with Crippen molar-refractivity contribution in [3.05, 3.63) is 83.7 Å². The SMILES string of the molecule is N=C(Cc1cccc(CNCCN2CCOCC2)c1)C(=N)c1cc(-c2cccnc2)ccc1N. The minimum absolute atomic E-state index is 0.150. The van der Waals surface area contributed by atoms with Crippen LogP contribution in [0.15, 0.2) is 67.0 Å². The number of ether oxygens (including phenoxy) is 1. The summed E-state index contributed by atoms with van der Waals surface area (Å²) in [5, 5.41) is 20.7. The molecule has 7 nitrogen and oxygen atoms in total. The molecule has 1 aromatic heterocycles. The lowest BCUT2D eigenvalue weighted by molar-refractivity contribution is 0.0384. The highest BCUT2D eigenvalue weighted by Crippen LogP contribution is 2.24. The molecular weight excluding hydrogens is 424 g/mol. The zero-order chi connectivity index (χ0) is 23.8. The number of morpholine rings is 1. The number of nitrogens with zero attached hydrogens (tertiary/aromatic N) is 2. The van der Waals surface area contributed by atoms with Crippen molar-refractivity contribution in [3.8, 4) is 11.1 Å². The fraction of sp³-hybridized carbons (Fsp3) is 0.296. The van der Waals surface area contributed by atoms with Crippen LogP contribution in [-0.2, 0) is 17.7 Å². The Bertz CT molecular complexity index is 1120. The molecule has 0 bridgehead atoms. The van der Waals surface area contributed by atoms with E-state index in [1.807, 2.05) is 36.4 Å². The number of nitrogens with two attached hydrogens (primary N) is 1. The van der Waals surface area contributed by atoms with E-state index in [0.29, 0.717) is 17.7 Å². The molecule has 0 spiro atoms. The second-order valence-electron chi connectivity index (χ2n) is 8.52. The molecule has 1 fully saturated rings. The van der Waals surface area contributed by atoms with Crippen molar-refractivity contribution < 1.29 is 4.74 Å². The molecule has 1 aliphatic heterocycles. The third-order valence-corrected chi connectivity index (χ3v) is 6.03. The largest absolute Gasteiger partial charge is 0.398 e. The van der Waals surface area contributed by atoms with Crippen molar-refractivity contribution in [2.75, 3.05) is 45.1 Å². The average Bonchev–Trinajstić information content (AvgIpc) is 2.88. The Kier molecular flexibility index (Phi) is 8.14. The monoisotopic (exact) mass is 456 g/mol. The van der Waals surface area contributed by atoms with Crippen LogP contribution in [0, 0.1) is 10.8 Å². The topological polar surface area (TPSA) is 111 Å².